The highest BCUT2D eigenvalue weighted by Crippen LogP contribution is 2.26. The van der Waals surface area contributed by atoms with Crippen molar-refractivity contribution >= 4 is 28.2 Å². The van der Waals surface area contributed by atoms with E-state index in [4.69, 9.17) is 5.73 Å². The van der Waals surface area contributed by atoms with Crippen LogP contribution in [0.15, 0.2) is 30.5 Å². The largest absolute Gasteiger partial charge is 0.396 e. The molecule has 0 aliphatic rings. The number of hydrazine groups is 1. The zero-order valence-corrected chi connectivity index (χ0v) is 9.53. The second-order valence-electron chi connectivity index (χ2n) is 3.63. The van der Waals surface area contributed by atoms with Crippen LogP contribution < -0.4 is 16.6 Å². The molecule has 88 valence electrons. The van der Waals surface area contributed by atoms with Crippen molar-refractivity contribution in [3.8, 4) is 0 Å². The molecular weight excluding hydrogens is 216 g/mol. The van der Waals surface area contributed by atoms with Gasteiger partial charge in [-0.05, 0) is 6.07 Å². The zero-order chi connectivity index (χ0) is 12.3. The third kappa shape index (κ3) is 2.28. The number of hydrogen-bond acceptors (Lipinski definition) is 4. The first-order valence-electron chi connectivity index (χ1n) is 5.40. The minimum absolute atomic E-state index is 0.0923. The summed E-state index contributed by atoms with van der Waals surface area (Å²) in [5.41, 5.74) is 13.3. The lowest BCUT2D eigenvalue weighted by Gasteiger charge is -2.12. The number of benzene rings is 1. The molecule has 0 saturated carbocycles. The van der Waals surface area contributed by atoms with E-state index in [2.05, 4.69) is 15.8 Å². The van der Waals surface area contributed by atoms with Crippen LogP contribution in [0.3, 0.4) is 0 Å². The summed E-state index contributed by atoms with van der Waals surface area (Å²) in [7, 11) is 0. The molecule has 4 N–H and O–H groups in total. The minimum Gasteiger partial charge on any atom is -0.396 e. The van der Waals surface area contributed by atoms with Gasteiger partial charge >= 0.3 is 0 Å². The maximum absolute atomic E-state index is 11.2. The summed E-state index contributed by atoms with van der Waals surface area (Å²) in [6.07, 6.45) is 1.98. The maximum atomic E-state index is 11.2. The number of nitrogens with one attached hydrogen (secondary N) is 2. The van der Waals surface area contributed by atoms with Crippen molar-refractivity contribution in [1.82, 2.24) is 10.4 Å². The first-order valence-corrected chi connectivity index (χ1v) is 5.40. The normalized spacial score (nSPS) is 10.2. The van der Waals surface area contributed by atoms with Crippen molar-refractivity contribution in [1.29, 1.82) is 0 Å². The van der Waals surface area contributed by atoms with Crippen LogP contribution in [0.4, 0.5) is 11.4 Å². The monoisotopic (exact) mass is 230 g/mol. The van der Waals surface area contributed by atoms with Crippen LogP contribution in [0.5, 0.6) is 0 Å². The number of aromatic nitrogens is 1. The van der Waals surface area contributed by atoms with E-state index >= 15 is 0 Å². The smallest absolute Gasteiger partial charge is 0.238 e. The SMILES string of the molecule is CCC(=O)NNc1c(N)cnc2ccccc12. The number of nitrogens with two attached hydrogens (primary N) is 1. The van der Waals surface area contributed by atoms with Crippen molar-refractivity contribution in [2.45, 2.75) is 13.3 Å². The molecule has 0 saturated heterocycles. The Morgan fingerprint density at radius 3 is 2.94 bits per heavy atom. The van der Waals surface area contributed by atoms with Gasteiger partial charge in [0.05, 0.1) is 23.1 Å². The second kappa shape index (κ2) is 4.69. The molecule has 5 nitrogen and oxygen atoms in total. The molecule has 1 heterocycles. The number of hydrogen-bond donors (Lipinski definition) is 3. The maximum Gasteiger partial charge on any atom is 0.238 e. The third-order valence-electron chi connectivity index (χ3n) is 2.45. The van der Waals surface area contributed by atoms with E-state index in [1.165, 1.54) is 0 Å². The lowest BCUT2D eigenvalue weighted by Crippen LogP contribution is -2.29. The summed E-state index contributed by atoms with van der Waals surface area (Å²) in [6.45, 7) is 1.78. The zero-order valence-electron chi connectivity index (χ0n) is 9.53. The Labute approximate surface area is 99.0 Å². The number of anilines is 2. The van der Waals surface area contributed by atoms with E-state index in [9.17, 15) is 4.79 Å². The standard InChI is InChI=1S/C12H14N4O/c1-2-11(17)15-16-12-8-5-3-4-6-10(8)14-7-9(12)13/h3-7H,2,13H2,1H3,(H,14,16)(H,15,17). The van der Waals surface area contributed by atoms with Crippen molar-refractivity contribution in [3.05, 3.63) is 30.5 Å². The van der Waals surface area contributed by atoms with Crippen LogP contribution in [0.1, 0.15) is 13.3 Å². The van der Waals surface area contributed by atoms with Crippen molar-refractivity contribution in [3.63, 3.8) is 0 Å². The molecule has 0 bridgehead atoms. The van der Waals surface area contributed by atoms with E-state index in [1.54, 1.807) is 13.1 Å². The molecule has 0 aliphatic carbocycles. The average molecular weight is 230 g/mol. The molecule has 0 atom stereocenters. The van der Waals surface area contributed by atoms with Gasteiger partial charge in [0.2, 0.25) is 5.91 Å². The molecule has 1 aromatic heterocycles. The number of fused-ring (bicyclic) bond motifs is 1. The molecule has 0 aliphatic heterocycles. The van der Waals surface area contributed by atoms with Crippen LogP contribution in [0.2, 0.25) is 0 Å². The van der Waals surface area contributed by atoms with Gasteiger partial charge in [-0.1, -0.05) is 25.1 Å². The Morgan fingerprint density at radius 2 is 2.18 bits per heavy atom. The molecule has 0 fully saturated rings. The number of nitrogen functional groups attached to an aromatic ring is 1. The predicted octanol–water partition coefficient (Wildman–Crippen LogP) is 1.67. The Hall–Kier alpha value is -2.30. The quantitative estimate of drug-likeness (QED) is 0.701. The van der Waals surface area contributed by atoms with Gasteiger partial charge in [-0.15, -0.1) is 0 Å². The topological polar surface area (TPSA) is 80.0 Å². The van der Waals surface area contributed by atoms with Crippen LogP contribution in [0, 0.1) is 0 Å². The molecule has 5 heteroatoms. The number of pyridine rings is 1. The highest BCUT2D eigenvalue weighted by Gasteiger charge is 2.06. The fourth-order valence-electron chi connectivity index (χ4n) is 1.52. The van der Waals surface area contributed by atoms with Gasteiger partial charge in [0.25, 0.3) is 0 Å². The lowest BCUT2D eigenvalue weighted by molar-refractivity contribution is -0.120. The molecule has 1 aromatic carbocycles. The molecule has 1 amide bonds. The fraction of sp³-hybridized carbons (Fsp3) is 0.167. The van der Waals surface area contributed by atoms with E-state index in [1.807, 2.05) is 24.3 Å². The molecule has 0 spiro atoms. The Bertz CT molecular complexity index is 553. The van der Waals surface area contributed by atoms with Crippen LogP contribution in [0.25, 0.3) is 10.9 Å². The number of rotatable bonds is 3. The van der Waals surface area contributed by atoms with Gasteiger partial charge < -0.3 is 5.73 Å². The van der Waals surface area contributed by atoms with Gasteiger partial charge in [-0.25, -0.2) is 0 Å². The summed E-state index contributed by atoms with van der Waals surface area (Å²) < 4.78 is 0. The molecule has 2 aromatic rings. The van der Waals surface area contributed by atoms with Gasteiger partial charge in [0.15, 0.2) is 0 Å². The number of amides is 1. The van der Waals surface area contributed by atoms with Gasteiger partial charge in [0.1, 0.15) is 0 Å². The number of para-hydroxylation sites is 1. The van der Waals surface area contributed by atoms with E-state index in [0.29, 0.717) is 17.8 Å². The van der Waals surface area contributed by atoms with Gasteiger partial charge in [-0.2, -0.15) is 0 Å². The predicted molar refractivity (Wildman–Crippen MR) is 68.2 cm³/mol. The van der Waals surface area contributed by atoms with Gasteiger partial charge in [-0.3, -0.25) is 20.6 Å². The van der Waals surface area contributed by atoms with Crippen molar-refractivity contribution in [2.75, 3.05) is 11.2 Å². The Kier molecular flexibility index (Phi) is 3.09. The molecule has 0 unspecified atom stereocenters. The summed E-state index contributed by atoms with van der Waals surface area (Å²) >= 11 is 0. The van der Waals surface area contributed by atoms with E-state index in [0.717, 1.165) is 10.9 Å². The number of carbonyl (C=O) groups excluding carboxylic acids is 1. The molecule has 0 radical (unpaired) electrons. The summed E-state index contributed by atoms with van der Waals surface area (Å²) in [6, 6.07) is 7.59. The first kappa shape index (κ1) is 11.2. The number of carbonyl (C=O) groups is 1. The van der Waals surface area contributed by atoms with Crippen LogP contribution in [-0.2, 0) is 4.79 Å². The average Bonchev–Trinajstić information content (AvgIpc) is 2.37. The summed E-state index contributed by atoms with van der Waals surface area (Å²) in [5, 5.41) is 0.879. The van der Waals surface area contributed by atoms with E-state index in [-0.39, 0.29) is 5.91 Å². The highest BCUT2D eigenvalue weighted by atomic mass is 16.2. The molecule has 2 rings (SSSR count). The Morgan fingerprint density at radius 1 is 1.41 bits per heavy atom. The van der Waals surface area contributed by atoms with Crippen molar-refractivity contribution in [2.24, 2.45) is 0 Å². The minimum atomic E-state index is -0.0923. The second-order valence-corrected chi connectivity index (χ2v) is 3.63. The van der Waals surface area contributed by atoms with Crippen LogP contribution in [-0.4, -0.2) is 10.9 Å². The summed E-state index contributed by atoms with van der Waals surface area (Å²) in [4.78, 5) is 15.4. The highest BCUT2D eigenvalue weighted by molar-refractivity contribution is 5.97. The molecule has 17 heavy (non-hydrogen) atoms. The first-order chi connectivity index (χ1) is 8.22. The van der Waals surface area contributed by atoms with E-state index < -0.39 is 0 Å². The third-order valence-corrected chi connectivity index (χ3v) is 2.45. The Balaban J connectivity index is 2.37. The molecular formula is C12H14N4O. The lowest BCUT2D eigenvalue weighted by atomic mass is 10.2. The van der Waals surface area contributed by atoms with Crippen LogP contribution >= 0.6 is 0 Å². The fourth-order valence-corrected chi connectivity index (χ4v) is 1.52. The summed E-state index contributed by atoms with van der Waals surface area (Å²) in [5.74, 6) is -0.0923. The van der Waals surface area contributed by atoms with Crippen molar-refractivity contribution < 1.29 is 4.79 Å². The van der Waals surface area contributed by atoms with Gasteiger partial charge in [0, 0.05) is 11.8 Å². The number of nitrogens with zero attached hydrogens (tertiary/aromatic N) is 1.